The van der Waals surface area contributed by atoms with E-state index in [1.165, 1.54) is 0 Å². The molecule has 0 aliphatic carbocycles. The van der Waals surface area contributed by atoms with Crippen LogP contribution in [0, 0.1) is 0 Å². The molecule has 0 aliphatic heterocycles. The first-order chi connectivity index (χ1) is 10.7. The first-order valence-electron chi connectivity index (χ1n) is 8.00. The molecule has 118 valence electrons. The van der Waals surface area contributed by atoms with E-state index in [1.807, 2.05) is 30.6 Å². The predicted molar refractivity (Wildman–Crippen MR) is 90.7 cm³/mol. The molecule has 0 aromatic carbocycles. The van der Waals surface area contributed by atoms with Crippen molar-refractivity contribution in [1.82, 2.24) is 15.0 Å². The molecule has 0 amide bonds. The normalized spacial score (nSPS) is 12.1. The minimum absolute atomic E-state index is 0.315. The molecule has 1 unspecified atom stereocenters. The van der Waals surface area contributed by atoms with Gasteiger partial charge in [0.05, 0.1) is 0 Å². The highest BCUT2D eigenvalue weighted by molar-refractivity contribution is 5.47. The number of nitrogens with one attached hydrogen (secondary N) is 1. The van der Waals surface area contributed by atoms with Crippen LogP contribution in [-0.2, 0) is 12.8 Å². The fourth-order valence-corrected chi connectivity index (χ4v) is 2.46. The summed E-state index contributed by atoms with van der Waals surface area (Å²) in [5.74, 6) is 1.18. The summed E-state index contributed by atoms with van der Waals surface area (Å²) in [6.45, 7) is 4.38. The van der Waals surface area contributed by atoms with Gasteiger partial charge in [0.2, 0.25) is 5.95 Å². The van der Waals surface area contributed by atoms with E-state index in [2.05, 4.69) is 34.1 Å². The first kappa shape index (κ1) is 16.2. The molecule has 0 bridgehead atoms. The Labute approximate surface area is 132 Å². The van der Waals surface area contributed by atoms with Crippen LogP contribution < -0.4 is 11.1 Å². The number of anilines is 2. The molecular weight excluding hydrogens is 274 g/mol. The minimum atomic E-state index is 0.315. The van der Waals surface area contributed by atoms with E-state index in [4.69, 9.17) is 5.73 Å². The van der Waals surface area contributed by atoms with Crippen molar-refractivity contribution in [1.29, 1.82) is 0 Å². The Hall–Kier alpha value is -2.17. The maximum absolute atomic E-state index is 5.75. The molecule has 0 saturated carbocycles. The van der Waals surface area contributed by atoms with Crippen molar-refractivity contribution in [3.8, 4) is 0 Å². The molecule has 2 rings (SSSR count). The molecule has 5 heteroatoms. The van der Waals surface area contributed by atoms with Crippen molar-refractivity contribution in [2.45, 2.75) is 52.0 Å². The van der Waals surface area contributed by atoms with Gasteiger partial charge >= 0.3 is 0 Å². The van der Waals surface area contributed by atoms with Gasteiger partial charge in [-0.3, -0.25) is 4.98 Å². The van der Waals surface area contributed by atoms with Crippen LogP contribution in [0.3, 0.4) is 0 Å². The fraction of sp³-hybridized carbons (Fsp3) is 0.471. The number of aromatic nitrogens is 3. The number of hydrogen-bond acceptors (Lipinski definition) is 5. The highest BCUT2D eigenvalue weighted by atomic mass is 15.1. The third kappa shape index (κ3) is 4.69. The summed E-state index contributed by atoms with van der Waals surface area (Å²) < 4.78 is 0. The van der Waals surface area contributed by atoms with E-state index in [0.717, 1.165) is 49.2 Å². The van der Waals surface area contributed by atoms with Gasteiger partial charge in [-0.25, -0.2) is 4.98 Å². The Morgan fingerprint density at radius 3 is 2.73 bits per heavy atom. The molecule has 5 nitrogen and oxygen atoms in total. The summed E-state index contributed by atoms with van der Waals surface area (Å²) in [7, 11) is 0. The van der Waals surface area contributed by atoms with Crippen molar-refractivity contribution in [2.24, 2.45) is 0 Å². The molecule has 0 aliphatic rings. The molecule has 0 spiro atoms. The molecule has 2 aromatic heterocycles. The monoisotopic (exact) mass is 299 g/mol. The lowest BCUT2D eigenvalue weighted by Gasteiger charge is -2.19. The molecular formula is C17H25N5. The van der Waals surface area contributed by atoms with Crippen molar-refractivity contribution < 1.29 is 0 Å². The Kier molecular flexibility index (Phi) is 6.13. The quantitative estimate of drug-likeness (QED) is 0.782. The van der Waals surface area contributed by atoms with Crippen molar-refractivity contribution in [2.75, 3.05) is 11.1 Å². The number of nitrogens with zero attached hydrogens (tertiary/aromatic N) is 3. The topological polar surface area (TPSA) is 76.7 Å². The molecule has 0 fully saturated rings. The van der Waals surface area contributed by atoms with Crippen LogP contribution in [-0.4, -0.2) is 21.0 Å². The van der Waals surface area contributed by atoms with Gasteiger partial charge in [-0.2, -0.15) is 4.98 Å². The predicted octanol–water partition coefficient (Wildman–Crippen LogP) is 3.23. The van der Waals surface area contributed by atoms with Gasteiger partial charge in [-0.1, -0.05) is 26.3 Å². The summed E-state index contributed by atoms with van der Waals surface area (Å²) in [6.07, 6.45) is 8.71. The zero-order valence-corrected chi connectivity index (χ0v) is 13.4. The number of aryl methyl sites for hydroxylation is 2. The minimum Gasteiger partial charge on any atom is -0.368 e. The van der Waals surface area contributed by atoms with Gasteiger partial charge in [-0.15, -0.1) is 0 Å². The van der Waals surface area contributed by atoms with E-state index >= 15 is 0 Å². The number of nitrogens with two attached hydrogens (primary N) is 1. The van der Waals surface area contributed by atoms with Crippen molar-refractivity contribution in [3.05, 3.63) is 41.9 Å². The zero-order valence-electron chi connectivity index (χ0n) is 13.4. The molecule has 0 radical (unpaired) electrons. The zero-order chi connectivity index (χ0) is 15.8. The third-order valence-corrected chi connectivity index (χ3v) is 3.73. The van der Waals surface area contributed by atoms with Crippen LogP contribution >= 0.6 is 0 Å². The lowest BCUT2D eigenvalue weighted by Crippen LogP contribution is -2.20. The Morgan fingerprint density at radius 2 is 2.05 bits per heavy atom. The van der Waals surface area contributed by atoms with Gasteiger partial charge in [-0.05, 0) is 37.8 Å². The van der Waals surface area contributed by atoms with E-state index in [-0.39, 0.29) is 0 Å². The lowest BCUT2D eigenvalue weighted by molar-refractivity contribution is 0.619. The number of pyridine rings is 1. The summed E-state index contributed by atoms with van der Waals surface area (Å²) in [4.78, 5) is 12.9. The SMILES string of the molecule is CCCC(CC)Nc1nc(N)ncc1CCc1ccccn1. The Bertz CT molecular complexity index is 571. The van der Waals surface area contributed by atoms with E-state index in [0.29, 0.717) is 12.0 Å². The highest BCUT2D eigenvalue weighted by Crippen LogP contribution is 2.18. The molecule has 2 heterocycles. The lowest BCUT2D eigenvalue weighted by atomic mass is 10.1. The smallest absolute Gasteiger partial charge is 0.221 e. The molecule has 22 heavy (non-hydrogen) atoms. The summed E-state index contributed by atoms with van der Waals surface area (Å²) >= 11 is 0. The molecule has 3 N–H and O–H groups in total. The maximum atomic E-state index is 5.75. The average molecular weight is 299 g/mol. The highest BCUT2D eigenvalue weighted by Gasteiger charge is 2.11. The van der Waals surface area contributed by atoms with Gasteiger partial charge in [0, 0.05) is 29.7 Å². The first-order valence-corrected chi connectivity index (χ1v) is 8.00. The van der Waals surface area contributed by atoms with Crippen LogP contribution in [0.4, 0.5) is 11.8 Å². The van der Waals surface area contributed by atoms with E-state index in [1.54, 1.807) is 0 Å². The van der Waals surface area contributed by atoms with Crippen molar-refractivity contribution >= 4 is 11.8 Å². The van der Waals surface area contributed by atoms with Crippen LogP contribution in [0.2, 0.25) is 0 Å². The van der Waals surface area contributed by atoms with Gasteiger partial charge in [0.25, 0.3) is 0 Å². The second kappa shape index (κ2) is 8.32. The van der Waals surface area contributed by atoms with Crippen molar-refractivity contribution in [3.63, 3.8) is 0 Å². The summed E-state index contributed by atoms with van der Waals surface area (Å²) in [5, 5.41) is 3.52. The average Bonchev–Trinajstić information content (AvgIpc) is 2.54. The van der Waals surface area contributed by atoms with E-state index in [9.17, 15) is 0 Å². The third-order valence-electron chi connectivity index (χ3n) is 3.73. The second-order valence-corrected chi connectivity index (χ2v) is 5.46. The number of hydrogen-bond donors (Lipinski definition) is 2. The van der Waals surface area contributed by atoms with Gasteiger partial charge in [0.1, 0.15) is 5.82 Å². The fourth-order valence-electron chi connectivity index (χ4n) is 2.46. The number of nitrogen functional groups attached to an aromatic ring is 1. The summed E-state index contributed by atoms with van der Waals surface area (Å²) in [5.41, 5.74) is 7.92. The molecule has 0 saturated heterocycles. The largest absolute Gasteiger partial charge is 0.368 e. The Balaban J connectivity index is 2.09. The maximum Gasteiger partial charge on any atom is 0.221 e. The molecule has 2 aromatic rings. The second-order valence-electron chi connectivity index (χ2n) is 5.46. The van der Waals surface area contributed by atoms with Crippen LogP contribution in [0.5, 0.6) is 0 Å². The Morgan fingerprint density at radius 1 is 1.18 bits per heavy atom. The van der Waals surface area contributed by atoms with Gasteiger partial charge < -0.3 is 11.1 Å². The van der Waals surface area contributed by atoms with Crippen LogP contribution in [0.25, 0.3) is 0 Å². The summed E-state index contributed by atoms with van der Waals surface area (Å²) in [6, 6.07) is 6.40. The molecule has 1 atom stereocenters. The number of rotatable bonds is 8. The van der Waals surface area contributed by atoms with Crippen LogP contribution in [0.15, 0.2) is 30.6 Å². The van der Waals surface area contributed by atoms with Crippen LogP contribution in [0.1, 0.15) is 44.4 Å². The standard InChI is InChI=1S/C17H25N5/c1-3-7-14(4-2)21-16-13(12-20-17(18)22-16)9-10-15-8-5-6-11-19-15/h5-6,8,11-12,14H,3-4,7,9-10H2,1-2H3,(H3,18,20,21,22). The van der Waals surface area contributed by atoms with E-state index < -0.39 is 0 Å². The van der Waals surface area contributed by atoms with Gasteiger partial charge in [0.15, 0.2) is 0 Å².